The summed E-state index contributed by atoms with van der Waals surface area (Å²) >= 11 is 11.8. The van der Waals surface area contributed by atoms with Gasteiger partial charge < -0.3 is 5.32 Å². The molecule has 32 heavy (non-hydrogen) atoms. The third kappa shape index (κ3) is 6.38. The summed E-state index contributed by atoms with van der Waals surface area (Å²) in [7, 11) is 0. The Balaban J connectivity index is 1.77. The van der Waals surface area contributed by atoms with Gasteiger partial charge in [-0.1, -0.05) is 77.8 Å². The Bertz CT molecular complexity index is 1110. The summed E-state index contributed by atoms with van der Waals surface area (Å²) in [5.41, 5.74) is 2.60. The Labute approximate surface area is 194 Å². The van der Waals surface area contributed by atoms with Crippen LogP contribution in [0.25, 0.3) is 6.08 Å². The zero-order valence-electron chi connectivity index (χ0n) is 17.1. The Morgan fingerprint density at radius 1 is 1.00 bits per heavy atom. The van der Waals surface area contributed by atoms with Crippen molar-refractivity contribution in [2.75, 3.05) is 0 Å². The standard InChI is InChI=1S/C25H20Cl2F3NO/c1-16-11-17(7-9-22(16)24(32)31-15-18-5-3-2-4-6-18)8-10-23(25(28,29)30)19-12-20(26)14-21(27)13-19/h2-14,23H,15H2,1H3,(H,31,32). The Hall–Kier alpha value is -2.76. The number of halogens is 5. The van der Waals surface area contributed by atoms with Gasteiger partial charge in [0, 0.05) is 22.2 Å². The quantitative estimate of drug-likeness (QED) is 0.389. The highest BCUT2D eigenvalue weighted by Gasteiger charge is 2.39. The fourth-order valence-corrected chi connectivity index (χ4v) is 3.83. The van der Waals surface area contributed by atoms with Crippen molar-refractivity contribution >= 4 is 35.2 Å². The van der Waals surface area contributed by atoms with Crippen LogP contribution >= 0.6 is 23.2 Å². The van der Waals surface area contributed by atoms with Gasteiger partial charge >= 0.3 is 6.18 Å². The number of hydrogen-bond donors (Lipinski definition) is 1. The van der Waals surface area contributed by atoms with Crippen LogP contribution in [0.15, 0.2) is 72.8 Å². The fourth-order valence-electron chi connectivity index (χ4n) is 3.29. The number of alkyl halides is 3. The van der Waals surface area contributed by atoms with Crippen LogP contribution in [0.1, 0.15) is 38.5 Å². The van der Waals surface area contributed by atoms with Gasteiger partial charge in [0.1, 0.15) is 0 Å². The van der Waals surface area contributed by atoms with E-state index < -0.39 is 12.1 Å². The highest BCUT2D eigenvalue weighted by molar-refractivity contribution is 6.34. The Morgan fingerprint density at radius 3 is 2.25 bits per heavy atom. The van der Waals surface area contributed by atoms with E-state index in [9.17, 15) is 18.0 Å². The number of rotatable bonds is 6. The number of carbonyl (C=O) groups is 1. The summed E-state index contributed by atoms with van der Waals surface area (Å²) in [4.78, 5) is 12.5. The van der Waals surface area contributed by atoms with Gasteiger partial charge in [0.15, 0.2) is 0 Å². The molecule has 1 unspecified atom stereocenters. The molecule has 0 saturated heterocycles. The molecule has 1 atom stereocenters. The maximum absolute atomic E-state index is 13.7. The molecule has 0 fully saturated rings. The summed E-state index contributed by atoms with van der Waals surface area (Å²) in [5, 5.41) is 3.12. The van der Waals surface area contributed by atoms with E-state index >= 15 is 0 Å². The minimum atomic E-state index is -4.52. The first-order chi connectivity index (χ1) is 15.1. The van der Waals surface area contributed by atoms with Gasteiger partial charge in [0.2, 0.25) is 0 Å². The van der Waals surface area contributed by atoms with Gasteiger partial charge in [0.25, 0.3) is 5.91 Å². The summed E-state index contributed by atoms with van der Waals surface area (Å²) in [6, 6.07) is 18.3. The second kappa shape index (κ2) is 10.2. The van der Waals surface area contributed by atoms with Gasteiger partial charge in [0.05, 0.1) is 5.92 Å². The van der Waals surface area contributed by atoms with Gasteiger partial charge in [-0.2, -0.15) is 13.2 Å². The Morgan fingerprint density at radius 2 is 1.66 bits per heavy atom. The van der Waals surface area contributed by atoms with Crippen LogP contribution in [0, 0.1) is 6.92 Å². The minimum Gasteiger partial charge on any atom is -0.348 e. The number of aryl methyl sites for hydroxylation is 1. The molecule has 1 N–H and O–H groups in total. The van der Waals surface area contributed by atoms with Crippen molar-refractivity contribution in [1.82, 2.24) is 5.32 Å². The van der Waals surface area contributed by atoms with Crippen LogP contribution in [0.3, 0.4) is 0 Å². The molecule has 3 aromatic rings. The number of benzene rings is 3. The predicted molar refractivity (Wildman–Crippen MR) is 123 cm³/mol. The van der Waals surface area contributed by atoms with Crippen molar-refractivity contribution in [2.24, 2.45) is 0 Å². The highest BCUT2D eigenvalue weighted by atomic mass is 35.5. The van der Waals surface area contributed by atoms with Crippen LogP contribution in [0.2, 0.25) is 10.0 Å². The second-order valence-corrected chi connectivity index (χ2v) is 8.20. The monoisotopic (exact) mass is 477 g/mol. The van der Waals surface area contributed by atoms with Crippen molar-refractivity contribution in [3.8, 4) is 0 Å². The predicted octanol–water partition coefficient (Wildman–Crippen LogP) is 7.59. The third-order valence-corrected chi connectivity index (χ3v) is 5.31. The van der Waals surface area contributed by atoms with Crippen molar-refractivity contribution in [1.29, 1.82) is 0 Å². The summed E-state index contributed by atoms with van der Waals surface area (Å²) in [6.45, 7) is 2.13. The molecule has 0 spiro atoms. The molecular weight excluding hydrogens is 458 g/mol. The molecule has 0 aliphatic heterocycles. The zero-order chi connectivity index (χ0) is 23.3. The number of amides is 1. The van der Waals surface area contributed by atoms with Crippen LogP contribution in [-0.2, 0) is 6.54 Å². The number of hydrogen-bond acceptors (Lipinski definition) is 1. The molecule has 0 saturated carbocycles. The fraction of sp³-hybridized carbons (Fsp3) is 0.160. The van der Waals surface area contributed by atoms with Crippen LogP contribution in [0.4, 0.5) is 13.2 Å². The first kappa shape index (κ1) is 23.9. The first-order valence-corrected chi connectivity index (χ1v) is 10.5. The summed E-state index contributed by atoms with van der Waals surface area (Å²) in [5.74, 6) is -2.11. The maximum Gasteiger partial charge on any atom is 0.399 e. The Kier molecular flexibility index (Phi) is 7.64. The summed E-state index contributed by atoms with van der Waals surface area (Å²) in [6.07, 6.45) is -2.08. The zero-order valence-corrected chi connectivity index (χ0v) is 18.6. The van der Waals surface area contributed by atoms with Crippen molar-refractivity contribution in [3.63, 3.8) is 0 Å². The SMILES string of the molecule is Cc1cc(C=CC(c2cc(Cl)cc(Cl)c2)C(F)(F)F)ccc1C(=O)NCc1ccccc1. The first-order valence-electron chi connectivity index (χ1n) is 9.77. The molecule has 0 heterocycles. The van der Waals surface area contributed by atoms with Gasteiger partial charge in [-0.15, -0.1) is 0 Å². The number of carbonyl (C=O) groups excluding carboxylic acids is 1. The lowest BCUT2D eigenvalue weighted by Crippen LogP contribution is -2.23. The third-order valence-electron chi connectivity index (χ3n) is 4.87. The average Bonchev–Trinajstić information content (AvgIpc) is 2.71. The van der Waals surface area contributed by atoms with E-state index in [0.29, 0.717) is 23.2 Å². The van der Waals surface area contributed by atoms with Crippen molar-refractivity contribution in [3.05, 3.63) is 111 Å². The normalized spacial score (nSPS) is 12.7. The molecule has 3 rings (SSSR count). The van der Waals surface area contributed by atoms with Crippen LogP contribution in [-0.4, -0.2) is 12.1 Å². The summed E-state index contributed by atoms with van der Waals surface area (Å²) < 4.78 is 41.0. The lowest BCUT2D eigenvalue weighted by molar-refractivity contribution is -0.139. The highest BCUT2D eigenvalue weighted by Crippen LogP contribution is 2.38. The minimum absolute atomic E-state index is 0.0418. The topological polar surface area (TPSA) is 29.1 Å². The van der Waals surface area contributed by atoms with E-state index in [1.807, 2.05) is 30.3 Å². The van der Waals surface area contributed by atoms with E-state index in [0.717, 1.165) is 11.6 Å². The maximum atomic E-state index is 13.7. The van der Waals surface area contributed by atoms with E-state index in [2.05, 4.69) is 5.32 Å². The molecule has 0 bridgehead atoms. The van der Waals surface area contributed by atoms with Crippen molar-refractivity contribution < 1.29 is 18.0 Å². The largest absolute Gasteiger partial charge is 0.399 e. The van der Waals surface area contributed by atoms with E-state index in [-0.39, 0.29) is 21.5 Å². The molecule has 1 amide bonds. The molecule has 2 nitrogen and oxygen atoms in total. The van der Waals surface area contributed by atoms with Crippen molar-refractivity contribution in [2.45, 2.75) is 25.6 Å². The smallest absolute Gasteiger partial charge is 0.348 e. The van der Waals surface area contributed by atoms with Crippen LogP contribution in [0.5, 0.6) is 0 Å². The number of nitrogens with one attached hydrogen (secondary N) is 1. The molecule has 0 aromatic heterocycles. The molecular formula is C25H20Cl2F3NO. The molecule has 166 valence electrons. The molecule has 3 aromatic carbocycles. The lowest BCUT2D eigenvalue weighted by Gasteiger charge is -2.18. The molecule has 7 heteroatoms. The molecule has 0 aliphatic carbocycles. The van der Waals surface area contributed by atoms with E-state index in [4.69, 9.17) is 23.2 Å². The second-order valence-electron chi connectivity index (χ2n) is 7.32. The van der Waals surface area contributed by atoms with Crippen LogP contribution < -0.4 is 5.32 Å². The van der Waals surface area contributed by atoms with Gasteiger partial charge in [-0.05, 0) is 53.4 Å². The van der Waals surface area contributed by atoms with E-state index in [1.54, 1.807) is 25.1 Å². The van der Waals surface area contributed by atoms with Gasteiger partial charge in [-0.3, -0.25) is 4.79 Å². The van der Waals surface area contributed by atoms with Gasteiger partial charge in [-0.25, -0.2) is 0 Å². The molecule has 0 radical (unpaired) electrons. The van der Waals surface area contributed by atoms with E-state index in [1.165, 1.54) is 24.3 Å². The lowest BCUT2D eigenvalue weighted by atomic mass is 9.96. The average molecular weight is 478 g/mol. The number of allylic oxidation sites excluding steroid dienone is 1. The molecule has 0 aliphatic rings.